The van der Waals surface area contributed by atoms with E-state index in [1.54, 1.807) is 30.5 Å². The van der Waals surface area contributed by atoms with Crippen LogP contribution in [-0.4, -0.2) is 97.2 Å². The zero-order valence-electron chi connectivity index (χ0n) is 27.6. The number of morpholine rings is 1. The number of fused-ring (bicyclic) bond motifs is 2. The summed E-state index contributed by atoms with van der Waals surface area (Å²) in [4.78, 5) is 16.0. The Balaban J connectivity index is 1.01. The predicted octanol–water partition coefficient (Wildman–Crippen LogP) is 5.56. The van der Waals surface area contributed by atoms with Gasteiger partial charge >= 0.3 is 0 Å². The number of nitrogens with zero attached hydrogens (tertiary/aromatic N) is 8. The number of anilines is 2. The predicted molar refractivity (Wildman–Crippen MR) is 181 cm³/mol. The second-order valence-electron chi connectivity index (χ2n) is 13.0. The average Bonchev–Trinajstić information content (AvgIpc) is 3.82. The molecule has 1 aromatic carbocycles. The van der Waals surface area contributed by atoms with Crippen molar-refractivity contribution < 1.29 is 18.9 Å². The van der Waals surface area contributed by atoms with Crippen molar-refractivity contribution in [3.8, 4) is 22.8 Å². The Morgan fingerprint density at radius 2 is 1.73 bits per heavy atom. The molecule has 0 amide bonds. The third kappa shape index (κ3) is 7.59. The molecule has 1 saturated carbocycles. The highest BCUT2D eigenvalue weighted by molar-refractivity contribution is 6.32. The van der Waals surface area contributed by atoms with Gasteiger partial charge in [0.2, 0.25) is 5.95 Å². The van der Waals surface area contributed by atoms with Crippen molar-refractivity contribution in [2.75, 3.05) is 38.9 Å². The number of halogens is 1. The van der Waals surface area contributed by atoms with E-state index in [-0.39, 0.29) is 6.10 Å². The fourth-order valence-electron chi connectivity index (χ4n) is 7.28. The number of rotatable bonds is 14. The van der Waals surface area contributed by atoms with Gasteiger partial charge in [-0.1, -0.05) is 17.7 Å². The van der Waals surface area contributed by atoms with Crippen LogP contribution in [0.15, 0.2) is 49.4 Å². The minimum atomic E-state index is -0.163. The summed E-state index contributed by atoms with van der Waals surface area (Å²) in [7, 11) is 1.70. The monoisotopic (exact) mass is 677 g/mol. The van der Waals surface area contributed by atoms with Crippen LogP contribution in [0.1, 0.15) is 57.9 Å². The molecular weight excluding hydrogens is 634 g/mol. The molecule has 0 radical (unpaired) electrons. The fourth-order valence-corrected chi connectivity index (χ4v) is 7.45. The molecule has 2 aliphatic heterocycles. The van der Waals surface area contributed by atoms with Gasteiger partial charge in [0.25, 0.3) is 5.88 Å². The van der Waals surface area contributed by atoms with Crippen LogP contribution in [0, 0.1) is 0 Å². The summed E-state index contributed by atoms with van der Waals surface area (Å²) < 4.78 is 27.1. The molecule has 4 aromatic rings. The molecule has 13 nitrogen and oxygen atoms in total. The van der Waals surface area contributed by atoms with E-state index in [9.17, 15) is 0 Å². The van der Waals surface area contributed by atoms with Crippen molar-refractivity contribution in [3.05, 3.63) is 54.5 Å². The van der Waals surface area contributed by atoms with Gasteiger partial charge in [0.1, 0.15) is 30.2 Å². The van der Waals surface area contributed by atoms with Crippen LogP contribution in [0.25, 0.3) is 11.1 Å². The lowest BCUT2D eigenvalue weighted by molar-refractivity contribution is -0.0458. The third-order valence-corrected chi connectivity index (χ3v) is 9.90. The topological polar surface area (TPSA) is 127 Å². The zero-order valence-corrected chi connectivity index (χ0v) is 28.3. The van der Waals surface area contributed by atoms with Gasteiger partial charge in [0.05, 0.1) is 43.6 Å². The summed E-state index contributed by atoms with van der Waals surface area (Å²) in [6.07, 6.45) is 16.4. The number of hydrogen-bond donors (Lipinski definition) is 1. The van der Waals surface area contributed by atoms with E-state index in [1.165, 1.54) is 32.0 Å². The number of aromatic nitrogens is 7. The van der Waals surface area contributed by atoms with E-state index < -0.39 is 0 Å². The van der Waals surface area contributed by atoms with Crippen LogP contribution in [0.2, 0.25) is 5.02 Å². The van der Waals surface area contributed by atoms with Crippen LogP contribution in [-0.2, 0) is 16.0 Å². The van der Waals surface area contributed by atoms with Crippen LogP contribution in [0.5, 0.6) is 11.6 Å². The molecule has 1 aliphatic carbocycles. The molecule has 3 atom stereocenters. The third-order valence-electron chi connectivity index (χ3n) is 9.59. The van der Waals surface area contributed by atoms with Crippen LogP contribution in [0.4, 0.5) is 11.6 Å². The lowest BCUT2D eigenvalue weighted by atomic mass is 9.89. The maximum atomic E-state index is 6.47. The van der Waals surface area contributed by atoms with Crippen LogP contribution >= 0.6 is 11.6 Å². The molecular formula is C34H44ClN9O4. The second-order valence-corrected chi connectivity index (χ2v) is 13.4. The first-order valence-corrected chi connectivity index (χ1v) is 17.4. The first kappa shape index (κ1) is 32.8. The molecule has 1 N–H and O–H groups in total. The Morgan fingerprint density at radius 1 is 0.979 bits per heavy atom. The lowest BCUT2D eigenvalue weighted by Crippen LogP contribution is -2.52. The minimum absolute atomic E-state index is 0.163. The van der Waals surface area contributed by atoms with Gasteiger partial charge in [0.15, 0.2) is 0 Å². The first-order valence-electron chi connectivity index (χ1n) is 17.0. The molecule has 2 bridgehead atoms. The summed E-state index contributed by atoms with van der Waals surface area (Å²) in [5.41, 5.74) is 2.48. The van der Waals surface area contributed by atoms with Crippen molar-refractivity contribution in [2.24, 2.45) is 0 Å². The van der Waals surface area contributed by atoms with Crippen LogP contribution < -0.4 is 14.8 Å². The SMILES string of the molecule is COCCCOc1nn(C2CCC(N3[C@@H]4CC[C@H]3COC4)CC2)cc1Nc1ncc(-c2ccc(Cl)c(O[C@@H](C)Cn3cncn3)c2)cn1. The Bertz CT molecular complexity index is 1600. The van der Waals surface area contributed by atoms with Gasteiger partial charge in [-0.3, -0.25) is 9.58 Å². The quantitative estimate of drug-likeness (QED) is 0.169. The second kappa shape index (κ2) is 15.2. The average molecular weight is 678 g/mol. The molecule has 0 spiro atoms. The number of methoxy groups -OCH3 is 1. The summed E-state index contributed by atoms with van der Waals surface area (Å²) in [5, 5.41) is 12.9. The fraction of sp³-hybridized carbons (Fsp3) is 0.559. The van der Waals surface area contributed by atoms with Gasteiger partial charge in [-0.15, -0.1) is 5.10 Å². The number of ether oxygens (including phenoxy) is 4. The smallest absolute Gasteiger partial charge is 0.256 e. The highest BCUT2D eigenvalue weighted by Gasteiger charge is 2.42. The van der Waals surface area contributed by atoms with Gasteiger partial charge in [-0.05, 0) is 63.1 Å². The Morgan fingerprint density at radius 3 is 2.46 bits per heavy atom. The van der Waals surface area contributed by atoms with Crippen LogP contribution in [0.3, 0.4) is 0 Å². The minimum Gasteiger partial charge on any atom is -0.487 e. The molecule has 2 saturated heterocycles. The molecule has 3 aliphatic rings. The first-order chi connectivity index (χ1) is 23.5. The Labute approximate surface area is 285 Å². The standard InChI is InChI=1S/C34H44ClN9O4/c1-23(17-42-22-36-21-39-42)48-32-14-24(4-11-30(32)35)25-15-37-34(38-16-25)40-31-18-43(41-33(31)47-13-3-12-45-2)26-5-7-27(8-6-26)44-28-9-10-29(44)20-46-19-28/h4,11,14-16,18,21-23,26-29H,3,5-10,12-13,17,19-20H2,1-2H3,(H,37,38,40)/t23-,26?,27?,28-,29+/m0/s1. The molecule has 3 aromatic heterocycles. The Hall–Kier alpha value is -3.78. The summed E-state index contributed by atoms with van der Waals surface area (Å²) in [5.74, 6) is 1.59. The number of nitrogens with one attached hydrogen (secondary N) is 1. The maximum Gasteiger partial charge on any atom is 0.256 e. The summed E-state index contributed by atoms with van der Waals surface area (Å²) in [6, 6.07) is 7.80. The molecule has 48 heavy (non-hydrogen) atoms. The Kier molecular flexibility index (Phi) is 10.4. The summed E-state index contributed by atoms with van der Waals surface area (Å²) >= 11 is 6.47. The van der Waals surface area contributed by atoms with E-state index in [0.29, 0.717) is 66.5 Å². The van der Waals surface area contributed by atoms with E-state index in [2.05, 4.69) is 34.9 Å². The van der Waals surface area contributed by atoms with Crippen molar-refractivity contribution >= 4 is 23.2 Å². The molecule has 0 unspecified atom stereocenters. The zero-order chi connectivity index (χ0) is 32.9. The van der Waals surface area contributed by atoms with Gasteiger partial charge < -0.3 is 24.3 Å². The summed E-state index contributed by atoms with van der Waals surface area (Å²) in [6.45, 7) is 5.42. The molecule has 5 heterocycles. The highest BCUT2D eigenvalue weighted by Crippen LogP contribution is 2.39. The van der Waals surface area contributed by atoms with Crippen molar-refractivity contribution in [1.82, 2.24) is 39.4 Å². The van der Waals surface area contributed by atoms with Crippen molar-refractivity contribution in [1.29, 1.82) is 0 Å². The largest absolute Gasteiger partial charge is 0.487 e. The van der Waals surface area contributed by atoms with E-state index in [4.69, 9.17) is 35.6 Å². The number of benzene rings is 1. The van der Waals surface area contributed by atoms with Crippen molar-refractivity contribution in [3.63, 3.8) is 0 Å². The van der Waals surface area contributed by atoms with E-state index >= 15 is 0 Å². The van der Waals surface area contributed by atoms with Gasteiger partial charge in [-0.2, -0.15) is 5.10 Å². The maximum absolute atomic E-state index is 6.47. The van der Waals surface area contributed by atoms with Gasteiger partial charge in [0, 0.05) is 56.2 Å². The van der Waals surface area contributed by atoms with E-state index in [0.717, 1.165) is 49.3 Å². The number of hydrogen-bond acceptors (Lipinski definition) is 11. The molecule has 7 rings (SSSR count). The van der Waals surface area contributed by atoms with Crippen molar-refractivity contribution in [2.45, 2.75) is 88.7 Å². The lowest BCUT2D eigenvalue weighted by Gasteiger charge is -2.43. The normalized spacial score (nSPS) is 23.2. The molecule has 14 heteroatoms. The molecule has 256 valence electrons. The highest BCUT2D eigenvalue weighted by atomic mass is 35.5. The van der Waals surface area contributed by atoms with E-state index in [1.807, 2.05) is 31.3 Å². The molecule has 3 fully saturated rings. The van der Waals surface area contributed by atoms with Gasteiger partial charge in [-0.25, -0.2) is 19.6 Å².